The first-order valence-corrected chi connectivity index (χ1v) is 10.9. The SMILES string of the molecule is CS(=O)(=O)Cc1ccccc1NS(=O)(=O)/C=C/c1ccc(Cl)cc1. The standard InChI is InChI=1S/C16H16ClNO4S2/c1-23(19,20)12-14-4-2-3-5-16(14)18-24(21,22)11-10-13-6-8-15(17)9-7-13/h2-11,18H,12H2,1H3/b11-10+. The number of benzene rings is 2. The van der Waals surface area contributed by atoms with Gasteiger partial charge in [0, 0.05) is 11.3 Å². The molecule has 0 heterocycles. The van der Waals surface area contributed by atoms with E-state index >= 15 is 0 Å². The number of halogens is 1. The summed E-state index contributed by atoms with van der Waals surface area (Å²) in [6.07, 6.45) is 2.52. The van der Waals surface area contributed by atoms with Crippen molar-refractivity contribution in [3.8, 4) is 0 Å². The second-order valence-electron chi connectivity index (χ2n) is 5.23. The number of sulfonamides is 1. The first-order valence-electron chi connectivity index (χ1n) is 6.87. The predicted molar refractivity (Wildman–Crippen MR) is 98.0 cm³/mol. The Morgan fingerprint density at radius 3 is 2.25 bits per heavy atom. The molecule has 24 heavy (non-hydrogen) atoms. The summed E-state index contributed by atoms with van der Waals surface area (Å²) in [4.78, 5) is 0. The Labute approximate surface area is 146 Å². The molecule has 5 nitrogen and oxygen atoms in total. The lowest BCUT2D eigenvalue weighted by atomic mass is 10.2. The van der Waals surface area contributed by atoms with Crippen LogP contribution in [0.3, 0.4) is 0 Å². The quantitative estimate of drug-likeness (QED) is 0.827. The Kier molecular flexibility index (Phi) is 5.69. The number of rotatable bonds is 6. The lowest BCUT2D eigenvalue weighted by molar-refractivity contribution is 0.600. The fourth-order valence-corrected chi connectivity index (χ4v) is 3.81. The van der Waals surface area contributed by atoms with E-state index in [1.807, 2.05) is 0 Å². The van der Waals surface area contributed by atoms with Gasteiger partial charge in [0.15, 0.2) is 9.84 Å². The molecule has 0 amide bonds. The van der Waals surface area contributed by atoms with E-state index in [9.17, 15) is 16.8 Å². The van der Waals surface area contributed by atoms with Gasteiger partial charge in [0.2, 0.25) is 0 Å². The summed E-state index contributed by atoms with van der Waals surface area (Å²) in [5.41, 5.74) is 1.31. The molecule has 2 rings (SSSR count). The summed E-state index contributed by atoms with van der Waals surface area (Å²) < 4.78 is 49.7. The fraction of sp³-hybridized carbons (Fsp3) is 0.125. The second kappa shape index (κ2) is 7.38. The minimum Gasteiger partial charge on any atom is -0.280 e. The molecule has 0 aromatic heterocycles. The zero-order chi connectivity index (χ0) is 17.8. The maximum Gasteiger partial charge on any atom is 0.255 e. The number of para-hydroxylation sites is 1. The summed E-state index contributed by atoms with van der Waals surface area (Å²) in [5.74, 6) is -0.243. The molecule has 0 aliphatic heterocycles. The Bertz CT molecular complexity index is 950. The average Bonchev–Trinajstić information content (AvgIpc) is 2.47. The monoisotopic (exact) mass is 385 g/mol. The maximum absolute atomic E-state index is 12.2. The average molecular weight is 386 g/mol. The summed E-state index contributed by atoms with van der Waals surface area (Å²) in [5, 5.41) is 1.58. The molecule has 2 aromatic carbocycles. The molecular formula is C16H16ClNO4S2. The molecule has 0 unspecified atom stereocenters. The summed E-state index contributed by atoms with van der Waals surface area (Å²) >= 11 is 5.78. The molecular weight excluding hydrogens is 370 g/mol. The lowest BCUT2D eigenvalue weighted by Crippen LogP contribution is -2.12. The zero-order valence-corrected chi connectivity index (χ0v) is 15.2. The molecule has 1 N–H and O–H groups in total. The highest BCUT2D eigenvalue weighted by Gasteiger charge is 2.13. The van der Waals surface area contributed by atoms with E-state index in [2.05, 4.69) is 4.72 Å². The third kappa shape index (κ3) is 5.99. The van der Waals surface area contributed by atoms with Crippen molar-refractivity contribution in [2.24, 2.45) is 0 Å². The second-order valence-corrected chi connectivity index (χ2v) is 9.37. The number of hydrogen-bond acceptors (Lipinski definition) is 4. The molecule has 2 aromatic rings. The van der Waals surface area contributed by atoms with Gasteiger partial charge in [-0.3, -0.25) is 4.72 Å². The van der Waals surface area contributed by atoms with Gasteiger partial charge in [-0.05, 0) is 35.4 Å². The van der Waals surface area contributed by atoms with E-state index in [0.29, 0.717) is 16.1 Å². The van der Waals surface area contributed by atoms with Crippen LogP contribution in [0.15, 0.2) is 53.9 Å². The Balaban J connectivity index is 2.22. The van der Waals surface area contributed by atoms with Crippen LogP contribution in [-0.4, -0.2) is 23.1 Å². The van der Waals surface area contributed by atoms with Crippen molar-refractivity contribution in [1.29, 1.82) is 0 Å². The third-order valence-electron chi connectivity index (χ3n) is 3.00. The van der Waals surface area contributed by atoms with Crippen LogP contribution in [0, 0.1) is 0 Å². The van der Waals surface area contributed by atoms with E-state index < -0.39 is 19.9 Å². The van der Waals surface area contributed by atoms with Gasteiger partial charge in [-0.15, -0.1) is 0 Å². The topological polar surface area (TPSA) is 80.3 Å². The highest BCUT2D eigenvalue weighted by Crippen LogP contribution is 2.20. The highest BCUT2D eigenvalue weighted by atomic mass is 35.5. The minimum atomic E-state index is -3.78. The van der Waals surface area contributed by atoms with Gasteiger partial charge in [0.05, 0.1) is 16.8 Å². The van der Waals surface area contributed by atoms with E-state index in [1.165, 1.54) is 12.1 Å². The van der Waals surface area contributed by atoms with E-state index in [0.717, 1.165) is 11.7 Å². The summed E-state index contributed by atoms with van der Waals surface area (Å²) in [6, 6.07) is 13.1. The fourth-order valence-electron chi connectivity index (χ4n) is 1.96. The van der Waals surface area contributed by atoms with Gasteiger partial charge < -0.3 is 0 Å². The van der Waals surface area contributed by atoms with Crippen LogP contribution >= 0.6 is 11.6 Å². The first kappa shape index (κ1) is 18.5. The number of anilines is 1. The van der Waals surface area contributed by atoms with Crippen molar-refractivity contribution in [1.82, 2.24) is 0 Å². The molecule has 0 aliphatic rings. The van der Waals surface area contributed by atoms with Crippen LogP contribution in [-0.2, 0) is 25.6 Å². The van der Waals surface area contributed by atoms with Gasteiger partial charge in [-0.25, -0.2) is 16.8 Å². The normalized spacial score (nSPS) is 12.4. The molecule has 0 atom stereocenters. The largest absolute Gasteiger partial charge is 0.280 e. The Morgan fingerprint density at radius 1 is 1.00 bits per heavy atom. The molecule has 0 bridgehead atoms. The van der Waals surface area contributed by atoms with E-state index in [-0.39, 0.29) is 11.4 Å². The van der Waals surface area contributed by atoms with Crippen LogP contribution in [0.2, 0.25) is 5.02 Å². The van der Waals surface area contributed by atoms with Crippen LogP contribution < -0.4 is 4.72 Å². The summed E-state index contributed by atoms with van der Waals surface area (Å²) in [6.45, 7) is 0. The number of sulfone groups is 1. The molecule has 0 saturated carbocycles. The van der Waals surface area contributed by atoms with Gasteiger partial charge in [-0.2, -0.15) is 0 Å². The predicted octanol–water partition coefficient (Wildman–Crippen LogP) is 3.30. The van der Waals surface area contributed by atoms with Gasteiger partial charge >= 0.3 is 0 Å². The maximum atomic E-state index is 12.2. The molecule has 0 aliphatic carbocycles. The molecule has 0 saturated heterocycles. The Morgan fingerprint density at radius 2 is 1.62 bits per heavy atom. The van der Waals surface area contributed by atoms with Crippen molar-refractivity contribution in [3.05, 3.63) is 70.1 Å². The van der Waals surface area contributed by atoms with E-state index in [1.54, 1.807) is 42.5 Å². The van der Waals surface area contributed by atoms with Crippen molar-refractivity contribution in [2.45, 2.75) is 5.75 Å². The van der Waals surface area contributed by atoms with Gasteiger partial charge in [-0.1, -0.05) is 41.9 Å². The van der Waals surface area contributed by atoms with Crippen molar-refractivity contribution in [3.63, 3.8) is 0 Å². The third-order valence-corrected chi connectivity index (χ3v) is 5.08. The van der Waals surface area contributed by atoms with Crippen LogP contribution in [0.25, 0.3) is 6.08 Å². The molecule has 128 valence electrons. The zero-order valence-electron chi connectivity index (χ0n) is 12.8. The minimum absolute atomic E-state index is 0.240. The molecule has 0 spiro atoms. The van der Waals surface area contributed by atoms with E-state index in [4.69, 9.17) is 11.6 Å². The van der Waals surface area contributed by atoms with Crippen molar-refractivity contribution >= 4 is 43.2 Å². The van der Waals surface area contributed by atoms with Crippen LogP contribution in [0.4, 0.5) is 5.69 Å². The first-order chi connectivity index (χ1) is 11.1. The molecule has 8 heteroatoms. The number of nitrogens with one attached hydrogen (secondary N) is 1. The van der Waals surface area contributed by atoms with Crippen LogP contribution in [0.1, 0.15) is 11.1 Å². The molecule has 0 fully saturated rings. The van der Waals surface area contributed by atoms with Gasteiger partial charge in [0.1, 0.15) is 0 Å². The van der Waals surface area contributed by atoms with Crippen molar-refractivity contribution < 1.29 is 16.8 Å². The Hall–Kier alpha value is -1.83. The molecule has 0 radical (unpaired) electrons. The lowest BCUT2D eigenvalue weighted by Gasteiger charge is -2.10. The number of hydrogen-bond donors (Lipinski definition) is 1. The highest BCUT2D eigenvalue weighted by molar-refractivity contribution is 7.95. The smallest absolute Gasteiger partial charge is 0.255 e. The summed E-state index contributed by atoms with van der Waals surface area (Å²) in [7, 11) is -7.06. The van der Waals surface area contributed by atoms with Crippen LogP contribution in [0.5, 0.6) is 0 Å². The van der Waals surface area contributed by atoms with Crippen molar-refractivity contribution in [2.75, 3.05) is 11.0 Å². The van der Waals surface area contributed by atoms with Gasteiger partial charge in [0.25, 0.3) is 10.0 Å².